The average Bonchev–Trinajstić information content (AvgIpc) is 3.42. The molecule has 1 unspecified atom stereocenters. The first kappa shape index (κ1) is 24.0. The summed E-state index contributed by atoms with van der Waals surface area (Å²) >= 11 is 6.67. The van der Waals surface area contributed by atoms with Crippen molar-refractivity contribution in [2.24, 2.45) is 5.41 Å². The summed E-state index contributed by atoms with van der Waals surface area (Å²) in [4.78, 5) is 4.45. The molecule has 36 heavy (non-hydrogen) atoms. The number of aromatic nitrogens is 4. The summed E-state index contributed by atoms with van der Waals surface area (Å²) in [6, 6.07) is 11.7. The number of hydrogen-bond acceptors (Lipinski definition) is 7. The average molecular weight is 506 g/mol. The zero-order valence-corrected chi connectivity index (χ0v) is 20.4. The number of halogens is 2. The van der Waals surface area contributed by atoms with E-state index in [1.54, 1.807) is 30.6 Å². The molecule has 5 rings (SSSR count). The van der Waals surface area contributed by atoms with E-state index in [4.69, 9.17) is 16.3 Å². The molecule has 4 aromatic rings. The van der Waals surface area contributed by atoms with E-state index in [2.05, 4.69) is 44.0 Å². The van der Waals surface area contributed by atoms with Crippen molar-refractivity contribution >= 4 is 33.9 Å². The van der Waals surface area contributed by atoms with Gasteiger partial charge < -0.3 is 15.4 Å². The van der Waals surface area contributed by atoms with Crippen LogP contribution in [-0.4, -0.2) is 40.2 Å². The van der Waals surface area contributed by atoms with Crippen LogP contribution in [-0.2, 0) is 4.74 Å². The summed E-state index contributed by atoms with van der Waals surface area (Å²) in [6.45, 7) is 4.37. The Morgan fingerprint density at radius 3 is 2.69 bits per heavy atom. The standard InChI is InChI=1S/C26H25ClFN7O/c1-26(6-8-36-9-7-26)15-31-23-17(12-29)13-30-25-20(23)10-19(11-21(25)27)33-24(22-14-32-35-34-22)16-2-4-18(28)5-3-16/h2-5,10-11,13-14,24,33H,6-9,15H2,1H3,(H,30,31)(H,32,34,35). The summed E-state index contributed by atoms with van der Waals surface area (Å²) in [7, 11) is 0. The van der Waals surface area contributed by atoms with E-state index < -0.39 is 6.04 Å². The monoisotopic (exact) mass is 505 g/mol. The minimum atomic E-state index is -0.414. The number of nitrogens with one attached hydrogen (secondary N) is 3. The second-order valence-electron chi connectivity index (χ2n) is 9.31. The van der Waals surface area contributed by atoms with Crippen LogP contribution in [0.15, 0.2) is 48.8 Å². The van der Waals surface area contributed by atoms with E-state index in [0.717, 1.165) is 37.0 Å². The van der Waals surface area contributed by atoms with Gasteiger partial charge in [0.2, 0.25) is 0 Å². The topological polar surface area (TPSA) is 112 Å². The largest absolute Gasteiger partial charge is 0.383 e. The number of H-pyrrole nitrogens is 1. The molecule has 184 valence electrons. The van der Waals surface area contributed by atoms with Gasteiger partial charge in [0.05, 0.1) is 34.0 Å². The van der Waals surface area contributed by atoms with Crippen LogP contribution in [0.3, 0.4) is 0 Å². The van der Waals surface area contributed by atoms with Crippen molar-refractivity contribution in [1.29, 1.82) is 5.26 Å². The van der Waals surface area contributed by atoms with E-state index in [1.165, 1.54) is 12.1 Å². The predicted molar refractivity (Wildman–Crippen MR) is 136 cm³/mol. The predicted octanol–water partition coefficient (Wildman–Crippen LogP) is 5.45. The van der Waals surface area contributed by atoms with Crippen molar-refractivity contribution in [3.8, 4) is 6.07 Å². The first-order valence-corrected chi connectivity index (χ1v) is 12.1. The third kappa shape index (κ3) is 4.96. The molecule has 0 radical (unpaired) electrons. The van der Waals surface area contributed by atoms with Gasteiger partial charge in [0.25, 0.3) is 0 Å². The fourth-order valence-electron chi connectivity index (χ4n) is 4.46. The molecule has 1 saturated heterocycles. The highest BCUT2D eigenvalue weighted by molar-refractivity contribution is 6.35. The Morgan fingerprint density at radius 1 is 1.22 bits per heavy atom. The Bertz CT molecular complexity index is 1400. The third-order valence-electron chi connectivity index (χ3n) is 6.68. The molecule has 1 atom stereocenters. The van der Waals surface area contributed by atoms with Gasteiger partial charge >= 0.3 is 0 Å². The first-order valence-electron chi connectivity index (χ1n) is 11.7. The Labute approximate surface area is 212 Å². The molecule has 8 nitrogen and oxygen atoms in total. The summed E-state index contributed by atoms with van der Waals surface area (Å²) < 4.78 is 19.1. The fourth-order valence-corrected chi connectivity index (χ4v) is 4.73. The van der Waals surface area contributed by atoms with Crippen LogP contribution in [0.4, 0.5) is 15.8 Å². The Balaban J connectivity index is 1.53. The minimum absolute atomic E-state index is 0.0564. The second kappa shape index (κ2) is 10.1. The molecule has 1 aliphatic heterocycles. The van der Waals surface area contributed by atoms with Crippen molar-refractivity contribution < 1.29 is 9.13 Å². The maximum absolute atomic E-state index is 13.6. The molecule has 0 saturated carbocycles. The fraction of sp³-hybridized carbons (Fsp3) is 0.308. The van der Waals surface area contributed by atoms with Gasteiger partial charge in [-0.1, -0.05) is 30.7 Å². The zero-order chi connectivity index (χ0) is 25.1. The van der Waals surface area contributed by atoms with E-state index >= 15 is 0 Å². The van der Waals surface area contributed by atoms with Crippen LogP contribution < -0.4 is 10.6 Å². The lowest BCUT2D eigenvalue weighted by Gasteiger charge is -2.34. The van der Waals surface area contributed by atoms with Crippen LogP contribution in [0, 0.1) is 22.6 Å². The number of aromatic amines is 1. The van der Waals surface area contributed by atoms with Crippen molar-refractivity contribution in [2.75, 3.05) is 30.4 Å². The summed E-state index contributed by atoms with van der Waals surface area (Å²) in [6.07, 6.45) is 5.04. The van der Waals surface area contributed by atoms with E-state index in [0.29, 0.717) is 39.7 Å². The Kier molecular flexibility index (Phi) is 6.72. The molecule has 1 aliphatic rings. The summed E-state index contributed by atoms with van der Waals surface area (Å²) in [5.74, 6) is -0.324. The van der Waals surface area contributed by atoms with Gasteiger partial charge in [0.15, 0.2) is 0 Å². The van der Waals surface area contributed by atoms with Crippen molar-refractivity contribution in [3.63, 3.8) is 0 Å². The van der Waals surface area contributed by atoms with Gasteiger partial charge in [-0.3, -0.25) is 4.98 Å². The molecule has 2 aromatic heterocycles. The number of ether oxygens (including phenoxy) is 1. The molecule has 10 heteroatoms. The molecular weight excluding hydrogens is 481 g/mol. The maximum Gasteiger partial charge on any atom is 0.123 e. The quantitative estimate of drug-likeness (QED) is 0.306. The first-order chi connectivity index (χ1) is 17.5. The van der Waals surface area contributed by atoms with E-state index in [1.807, 2.05) is 6.07 Å². The van der Waals surface area contributed by atoms with Crippen LogP contribution in [0.1, 0.15) is 42.6 Å². The highest BCUT2D eigenvalue weighted by atomic mass is 35.5. The lowest BCUT2D eigenvalue weighted by Crippen LogP contribution is -2.33. The minimum Gasteiger partial charge on any atom is -0.383 e. The number of rotatable bonds is 7. The highest BCUT2D eigenvalue weighted by Crippen LogP contribution is 2.37. The molecular formula is C26H25ClFN7O. The van der Waals surface area contributed by atoms with Crippen molar-refractivity contribution in [2.45, 2.75) is 25.8 Å². The molecule has 0 bridgehead atoms. The van der Waals surface area contributed by atoms with Gasteiger partial charge in [0, 0.05) is 37.0 Å². The van der Waals surface area contributed by atoms with E-state index in [9.17, 15) is 9.65 Å². The van der Waals surface area contributed by atoms with Gasteiger partial charge in [-0.25, -0.2) is 4.39 Å². The second-order valence-corrected chi connectivity index (χ2v) is 9.72. The SMILES string of the molecule is CC1(CNc2c(C#N)cnc3c(Cl)cc(NC(c4ccc(F)cc4)c4cn[nH]n4)cc23)CCOCC1. The summed E-state index contributed by atoms with van der Waals surface area (Å²) in [5, 5.41) is 28.7. The van der Waals surface area contributed by atoms with Gasteiger partial charge in [-0.05, 0) is 48.1 Å². The van der Waals surface area contributed by atoms with Crippen LogP contribution in [0.2, 0.25) is 5.02 Å². The number of nitriles is 1. The van der Waals surface area contributed by atoms with Crippen LogP contribution in [0.5, 0.6) is 0 Å². The lowest BCUT2D eigenvalue weighted by molar-refractivity contribution is 0.0300. The van der Waals surface area contributed by atoms with Gasteiger partial charge in [-0.2, -0.15) is 20.7 Å². The number of benzene rings is 2. The Hall–Kier alpha value is -3.74. The molecule has 1 fully saturated rings. The molecule has 2 aromatic carbocycles. The normalized spacial score (nSPS) is 15.8. The lowest BCUT2D eigenvalue weighted by atomic mass is 9.82. The molecule has 3 heterocycles. The maximum atomic E-state index is 13.6. The Morgan fingerprint density at radius 2 is 2.00 bits per heavy atom. The van der Waals surface area contributed by atoms with Gasteiger partial charge in [0.1, 0.15) is 17.6 Å². The number of nitrogens with zero attached hydrogens (tertiary/aromatic N) is 4. The number of fused-ring (bicyclic) bond motifs is 1. The molecule has 3 N–H and O–H groups in total. The van der Waals surface area contributed by atoms with Crippen molar-refractivity contribution in [1.82, 2.24) is 20.4 Å². The summed E-state index contributed by atoms with van der Waals surface area (Å²) in [5.41, 5.74) is 3.92. The van der Waals surface area contributed by atoms with Crippen molar-refractivity contribution in [3.05, 3.63) is 76.5 Å². The molecule has 0 amide bonds. The zero-order valence-electron chi connectivity index (χ0n) is 19.7. The van der Waals surface area contributed by atoms with E-state index in [-0.39, 0.29) is 11.2 Å². The smallest absolute Gasteiger partial charge is 0.123 e. The molecule has 0 aliphatic carbocycles. The third-order valence-corrected chi connectivity index (χ3v) is 6.97. The molecule has 0 spiro atoms. The van der Waals surface area contributed by atoms with Crippen LogP contribution in [0.25, 0.3) is 10.9 Å². The number of hydrogen-bond donors (Lipinski definition) is 3. The number of pyridine rings is 1. The van der Waals surface area contributed by atoms with Crippen LogP contribution >= 0.6 is 11.6 Å². The highest BCUT2D eigenvalue weighted by Gasteiger charge is 2.28. The number of anilines is 2. The van der Waals surface area contributed by atoms with Gasteiger partial charge in [-0.15, -0.1) is 0 Å².